The first kappa shape index (κ1) is 34.2. The van der Waals surface area contributed by atoms with Crippen LogP contribution >= 0.6 is 0 Å². The van der Waals surface area contributed by atoms with E-state index in [-0.39, 0.29) is 0 Å². The Morgan fingerprint density at radius 2 is 0.650 bits per heavy atom. The molecule has 1 nitrogen and oxygen atoms in total. The predicted molar refractivity (Wildman–Crippen MR) is 256 cm³/mol. The van der Waals surface area contributed by atoms with Gasteiger partial charge in [0.1, 0.15) is 0 Å². The van der Waals surface area contributed by atoms with Gasteiger partial charge in [0.25, 0.3) is 0 Å². The van der Waals surface area contributed by atoms with E-state index in [1.54, 1.807) is 0 Å². The van der Waals surface area contributed by atoms with E-state index in [1.807, 2.05) is 0 Å². The summed E-state index contributed by atoms with van der Waals surface area (Å²) < 4.78 is 0. The quantitative estimate of drug-likeness (QED) is 0.126. The first-order chi connectivity index (χ1) is 29.7. The summed E-state index contributed by atoms with van der Waals surface area (Å²) in [5.41, 5.74) is 12.8. The molecule has 11 aromatic carbocycles. The zero-order valence-corrected chi connectivity index (χ0v) is 32.8. The molecule has 0 aliphatic heterocycles. The first-order valence-corrected chi connectivity index (χ1v) is 20.7. The SMILES string of the molecule is c1ccc(-c2ccc3c(-c4ccc5ccccc5c4)c4ccc(-c5ccc(-c6nc7ccccc7c7ccccc67)cc5)cc4c(-c4ccc5ccccc5c4)c3c2)cc1. The van der Waals surface area contributed by atoms with Crippen LogP contribution in [0.1, 0.15) is 0 Å². The van der Waals surface area contributed by atoms with E-state index in [9.17, 15) is 0 Å². The van der Waals surface area contributed by atoms with Gasteiger partial charge in [-0.2, -0.15) is 0 Å². The van der Waals surface area contributed by atoms with Crippen molar-refractivity contribution in [2.45, 2.75) is 0 Å². The molecule has 1 heteroatoms. The van der Waals surface area contributed by atoms with Crippen LogP contribution in [0.15, 0.2) is 224 Å². The molecule has 0 amide bonds. The topological polar surface area (TPSA) is 12.9 Å². The third-order valence-electron chi connectivity index (χ3n) is 12.4. The monoisotopic (exact) mass is 759 g/mol. The molecule has 0 aliphatic rings. The molecule has 1 heterocycles. The molecular formula is C59H37N. The Morgan fingerprint density at radius 1 is 0.217 bits per heavy atom. The summed E-state index contributed by atoms with van der Waals surface area (Å²) in [5, 5.41) is 13.5. The highest BCUT2D eigenvalue weighted by Gasteiger charge is 2.20. The number of rotatable bonds is 5. The lowest BCUT2D eigenvalue weighted by atomic mass is 9.83. The van der Waals surface area contributed by atoms with Crippen molar-refractivity contribution in [1.82, 2.24) is 4.98 Å². The maximum Gasteiger partial charge on any atom is 0.0788 e. The molecule has 0 fully saturated rings. The van der Waals surface area contributed by atoms with E-state index in [4.69, 9.17) is 4.98 Å². The minimum atomic E-state index is 1.01. The third-order valence-corrected chi connectivity index (χ3v) is 12.4. The molecule has 278 valence electrons. The summed E-state index contributed by atoms with van der Waals surface area (Å²) in [6, 6.07) is 82.2. The Bertz CT molecular complexity index is 3640. The van der Waals surface area contributed by atoms with Gasteiger partial charge in [-0.3, -0.25) is 0 Å². The van der Waals surface area contributed by atoms with Crippen molar-refractivity contribution in [2.24, 2.45) is 0 Å². The predicted octanol–water partition coefficient (Wildman–Crippen LogP) is 16.3. The highest BCUT2D eigenvalue weighted by atomic mass is 14.7. The smallest absolute Gasteiger partial charge is 0.0788 e. The second-order valence-electron chi connectivity index (χ2n) is 15.9. The van der Waals surface area contributed by atoms with Crippen molar-refractivity contribution in [3.8, 4) is 55.8 Å². The number of para-hydroxylation sites is 1. The molecule has 0 atom stereocenters. The Kier molecular flexibility index (Phi) is 7.92. The fourth-order valence-corrected chi connectivity index (χ4v) is 9.47. The van der Waals surface area contributed by atoms with Crippen LogP contribution in [-0.4, -0.2) is 4.98 Å². The maximum atomic E-state index is 5.20. The van der Waals surface area contributed by atoms with Gasteiger partial charge >= 0.3 is 0 Å². The molecule has 12 rings (SSSR count). The van der Waals surface area contributed by atoms with E-state index >= 15 is 0 Å². The standard InChI is InChI=1S/C59H37N/c1-2-12-38(13-3-1)45-30-32-51-54(36-45)58(48-29-25-40-15-5-7-17-44(40)35-48)55-37-46(31-33-52(55)57(51)47-28-24-39-14-4-6-16-43(39)34-47)41-22-26-42(27-23-41)59-53-20-9-8-18-49(53)50-19-10-11-21-56(50)60-59/h1-37H. The summed E-state index contributed by atoms with van der Waals surface area (Å²) in [6.45, 7) is 0. The summed E-state index contributed by atoms with van der Waals surface area (Å²) >= 11 is 0. The van der Waals surface area contributed by atoms with Gasteiger partial charge in [-0.25, -0.2) is 4.98 Å². The summed E-state index contributed by atoms with van der Waals surface area (Å²) in [6.07, 6.45) is 0. The highest BCUT2D eigenvalue weighted by molar-refractivity contribution is 6.23. The van der Waals surface area contributed by atoms with Gasteiger partial charge in [0.2, 0.25) is 0 Å². The number of pyridine rings is 1. The fraction of sp³-hybridized carbons (Fsp3) is 0. The fourth-order valence-electron chi connectivity index (χ4n) is 9.47. The van der Waals surface area contributed by atoms with Crippen molar-refractivity contribution < 1.29 is 0 Å². The van der Waals surface area contributed by atoms with Crippen molar-refractivity contribution in [2.75, 3.05) is 0 Å². The molecule has 0 radical (unpaired) electrons. The molecule has 0 aliphatic carbocycles. The molecule has 60 heavy (non-hydrogen) atoms. The largest absolute Gasteiger partial charge is 0.247 e. The van der Waals surface area contributed by atoms with Crippen LogP contribution in [0.3, 0.4) is 0 Å². The summed E-state index contributed by atoms with van der Waals surface area (Å²) in [7, 11) is 0. The minimum Gasteiger partial charge on any atom is -0.247 e. The third kappa shape index (κ3) is 5.67. The molecule has 0 unspecified atom stereocenters. The van der Waals surface area contributed by atoms with E-state index in [0.717, 1.165) is 22.2 Å². The molecular weight excluding hydrogens is 723 g/mol. The average Bonchev–Trinajstić information content (AvgIpc) is 3.32. The average molecular weight is 760 g/mol. The molecule has 12 aromatic rings. The highest BCUT2D eigenvalue weighted by Crippen LogP contribution is 2.47. The molecule has 0 spiro atoms. The van der Waals surface area contributed by atoms with Gasteiger partial charge in [-0.15, -0.1) is 0 Å². The maximum absolute atomic E-state index is 5.20. The van der Waals surface area contributed by atoms with Crippen LogP contribution in [-0.2, 0) is 0 Å². The van der Waals surface area contributed by atoms with Crippen LogP contribution in [0, 0.1) is 0 Å². The first-order valence-electron chi connectivity index (χ1n) is 20.7. The number of benzene rings is 11. The van der Waals surface area contributed by atoms with E-state index in [1.165, 1.54) is 98.4 Å². The van der Waals surface area contributed by atoms with Gasteiger partial charge in [-0.05, 0) is 123 Å². The molecule has 0 bridgehead atoms. The Hall–Kier alpha value is -7.87. The van der Waals surface area contributed by atoms with Crippen LogP contribution in [0.2, 0.25) is 0 Å². The number of hydrogen-bond acceptors (Lipinski definition) is 1. The van der Waals surface area contributed by atoms with Crippen LogP contribution in [0.5, 0.6) is 0 Å². The summed E-state index contributed by atoms with van der Waals surface area (Å²) in [4.78, 5) is 5.20. The van der Waals surface area contributed by atoms with Crippen LogP contribution in [0.25, 0.3) is 121 Å². The number of hydrogen-bond donors (Lipinski definition) is 0. The van der Waals surface area contributed by atoms with Gasteiger partial charge in [-0.1, -0.05) is 194 Å². The lowest BCUT2D eigenvalue weighted by Crippen LogP contribution is -1.93. The number of fused-ring (bicyclic) bond motifs is 7. The van der Waals surface area contributed by atoms with Crippen molar-refractivity contribution in [3.05, 3.63) is 224 Å². The second kappa shape index (κ2) is 13.9. The second-order valence-corrected chi connectivity index (χ2v) is 15.9. The van der Waals surface area contributed by atoms with E-state index in [0.29, 0.717) is 0 Å². The molecule has 1 aromatic heterocycles. The lowest BCUT2D eigenvalue weighted by Gasteiger charge is -2.20. The van der Waals surface area contributed by atoms with Crippen molar-refractivity contribution in [3.63, 3.8) is 0 Å². The Labute approximate surface area is 348 Å². The van der Waals surface area contributed by atoms with Gasteiger partial charge in [0, 0.05) is 16.3 Å². The van der Waals surface area contributed by atoms with Gasteiger partial charge in [0.05, 0.1) is 11.2 Å². The van der Waals surface area contributed by atoms with Crippen molar-refractivity contribution >= 4 is 64.8 Å². The normalized spacial score (nSPS) is 11.7. The molecule has 0 saturated heterocycles. The van der Waals surface area contributed by atoms with Gasteiger partial charge < -0.3 is 0 Å². The summed E-state index contributed by atoms with van der Waals surface area (Å²) in [5.74, 6) is 0. The van der Waals surface area contributed by atoms with E-state index < -0.39 is 0 Å². The zero-order chi connectivity index (χ0) is 39.6. The molecule has 0 saturated carbocycles. The zero-order valence-electron chi connectivity index (χ0n) is 32.8. The minimum absolute atomic E-state index is 1.01. The van der Waals surface area contributed by atoms with Crippen LogP contribution < -0.4 is 0 Å². The Morgan fingerprint density at radius 3 is 1.27 bits per heavy atom. The van der Waals surface area contributed by atoms with E-state index in [2.05, 4.69) is 224 Å². The van der Waals surface area contributed by atoms with Gasteiger partial charge in [0.15, 0.2) is 0 Å². The number of nitrogens with zero attached hydrogens (tertiary/aromatic N) is 1. The molecule has 0 N–H and O–H groups in total. The number of aromatic nitrogens is 1. The Balaban J connectivity index is 1.11. The van der Waals surface area contributed by atoms with Crippen LogP contribution in [0.4, 0.5) is 0 Å². The van der Waals surface area contributed by atoms with Crippen molar-refractivity contribution in [1.29, 1.82) is 0 Å². The lowest BCUT2D eigenvalue weighted by molar-refractivity contribution is 1.43.